The van der Waals surface area contributed by atoms with Gasteiger partial charge in [-0.3, -0.25) is 0 Å². The van der Waals surface area contributed by atoms with Crippen LogP contribution in [0.15, 0.2) is 12.3 Å². The maximum atomic E-state index is 5.91. The van der Waals surface area contributed by atoms with Crippen LogP contribution in [-0.2, 0) is 6.42 Å². The molecule has 15 heavy (non-hydrogen) atoms. The Bertz CT molecular complexity index is 383. The first-order valence-electron chi connectivity index (χ1n) is 5.98. The van der Waals surface area contributed by atoms with E-state index in [1.165, 1.54) is 42.5 Å². The number of fused-ring (bicyclic) bond motifs is 1. The molecular weight excluding hydrogens is 184 g/mol. The molecule has 80 valence electrons. The second-order valence-electron chi connectivity index (χ2n) is 4.84. The van der Waals surface area contributed by atoms with Crippen LogP contribution in [0.2, 0.25) is 0 Å². The average Bonchev–Trinajstić information content (AvgIpc) is 2.82. The van der Waals surface area contributed by atoms with E-state index >= 15 is 0 Å². The van der Waals surface area contributed by atoms with Crippen molar-refractivity contribution in [2.45, 2.75) is 44.1 Å². The molecule has 0 spiro atoms. The summed E-state index contributed by atoms with van der Waals surface area (Å²) in [6.45, 7) is 0. The standard InChI is InChI=1S/C13H18N2/c14-10-5-6-11-12(8-15-13(11)7-10)9-3-1-2-4-9/h5-6,8-10,15H,1-4,7,14H2. The van der Waals surface area contributed by atoms with E-state index in [0.717, 1.165) is 12.3 Å². The highest BCUT2D eigenvalue weighted by Crippen LogP contribution is 2.38. The fourth-order valence-corrected chi connectivity index (χ4v) is 2.96. The summed E-state index contributed by atoms with van der Waals surface area (Å²) in [5, 5.41) is 0. The minimum atomic E-state index is 0.201. The molecule has 2 aliphatic carbocycles. The number of hydrogen-bond acceptors (Lipinski definition) is 1. The zero-order valence-corrected chi connectivity index (χ0v) is 9.00. The van der Waals surface area contributed by atoms with Crippen molar-refractivity contribution in [2.24, 2.45) is 5.73 Å². The molecule has 1 unspecified atom stereocenters. The smallest absolute Gasteiger partial charge is 0.0282 e. The van der Waals surface area contributed by atoms with Gasteiger partial charge < -0.3 is 10.7 Å². The van der Waals surface area contributed by atoms with E-state index in [4.69, 9.17) is 5.73 Å². The maximum absolute atomic E-state index is 5.91. The van der Waals surface area contributed by atoms with Crippen molar-refractivity contribution in [3.8, 4) is 0 Å². The first kappa shape index (κ1) is 9.22. The molecular formula is C13H18N2. The van der Waals surface area contributed by atoms with Crippen molar-refractivity contribution in [1.82, 2.24) is 4.98 Å². The number of H-pyrrole nitrogens is 1. The van der Waals surface area contributed by atoms with Crippen molar-refractivity contribution in [2.75, 3.05) is 0 Å². The number of aromatic amines is 1. The summed E-state index contributed by atoms with van der Waals surface area (Å²) in [4.78, 5) is 3.40. The van der Waals surface area contributed by atoms with E-state index in [9.17, 15) is 0 Å². The number of aromatic nitrogens is 1. The van der Waals surface area contributed by atoms with Gasteiger partial charge >= 0.3 is 0 Å². The van der Waals surface area contributed by atoms with Crippen LogP contribution in [0.5, 0.6) is 0 Å². The summed E-state index contributed by atoms with van der Waals surface area (Å²) in [5.41, 5.74) is 10.2. The van der Waals surface area contributed by atoms with Crippen LogP contribution < -0.4 is 5.73 Å². The molecule has 2 aliphatic rings. The lowest BCUT2D eigenvalue weighted by Crippen LogP contribution is -2.22. The zero-order valence-electron chi connectivity index (χ0n) is 9.00. The Morgan fingerprint density at radius 2 is 2.07 bits per heavy atom. The Morgan fingerprint density at radius 3 is 2.87 bits per heavy atom. The molecule has 1 saturated carbocycles. The van der Waals surface area contributed by atoms with Crippen LogP contribution in [-0.4, -0.2) is 11.0 Å². The Hall–Kier alpha value is -1.02. The van der Waals surface area contributed by atoms with Gasteiger partial charge in [-0.1, -0.05) is 25.0 Å². The molecule has 1 atom stereocenters. The highest BCUT2D eigenvalue weighted by atomic mass is 14.7. The average molecular weight is 202 g/mol. The van der Waals surface area contributed by atoms with Gasteiger partial charge in [-0.05, 0) is 29.9 Å². The lowest BCUT2D eigenvalue weighted by Gasteiger charge is -2.15. The lowest BCUT2D eigenvalue weighted by molar-refractivity contribution is 0.721. The van der Waals surface area contributed by atoms with Crippen LogP contribution in [0, 0.1) is 0 Å². The Balaban J connectivity index is 1.95. The van der Waals surface area contributed by atoms with E-state index in [1.807, 2.05) is 0 Å². The summed E-state index contributed by atoms with van der Waals surface area (Å²) in [6, 6.07) is 0.201. The molecule has 0 bridgehead atoms. The molecule has 1 fully saturated rings. The van der Waals surface area contributed by atoms with E-state index < -0.39 is 0 Å². The number of rotatable bonds is 1. The highest BCUT2D eigenvalue weighted by Gasteiger charge is 2.23. The number of nitrogens with one attached hydrogen (secondary N) is 1. The summed E-state index contributed by atoms with van der Waals surface area (Å²) < 4.78 is 0. The Kier molecular flexibility index (Phi) is 2.17. The minimum absolute atomic E-state index is 0.201. The first-order chi connectivity index (χ1) is 7.34. The van der Waals surface area contributed by atoms with Gasteiger partial charge in [0, 0.05) is 24.4 Å². The summed E-state index contributed by atoms with van der Waals surface area (Å²) in [5.74, 6) is 0.795. The minimum Gasteiger partial charge on any atom is -0.364 e. The normalized spacial score (nSPS) is 25.8. The predicted molar refractivity (Wildman–Crippen MR) is 62.7 cm³/mol. The quantitative estimate of drug-likeness (QED) is 0.722. The van der Waals surface area contributed by atoms with Gasteiger partial charge in [0.15, 0.2) is 0 Å². The molecule has 0 aliphatic heterocycles. The molecule has 3 rings (SSSR count). The molecule has 0 amide bonds. The maximum Gasteiger partial charge on any atom is 0.0282 e. The third-order valence-corrected chi connectivity index (χ3v) is 3.78. The summed E-state index contributed by atoms with van der Waals surface area (Å²) >= 11 is 0. The van der Waals surface area contributed by atoms with E-state index in [-0.39, 0.29) is 6.04 Å². The van der Waals surface area contributed by atoms with Gasteiger partial charge in [0.1, 0.15) is 0 Å². The highest BCUT2D eigenvalue weighted by molar-refractivity contribution is 5.61. The topological polar surface area (TPSA) is 41.8 Å². The van der Waals surface area contributed by atoms with Gasteiger partial charge in [-0.15, -0.1) is 0 Å². The molecule has 0 aromatic carbocycles. The fourth-order valence-electron chi connectivity index (χ4n) is 2.96. The van der Waals surface area contributed by atoms with Gasteiger partial charge in [0.25, 0.3) is 0 Å². The summed E-state index contributed by atoms with van der Waals surface area (Å²) in [6.07, 6.45) is 13.1. The van der Waals surface area contributed by atoms with Crippen molar-refractivity contribution in [1.29, 1.82) is 0 Å². The van der Waals surface area contributed by atoms with Crippen LogP contribution in [0.1, 0.15) is 48.4 Å². The second-order valence-corrected chi connectivity index (χ2v) is 4.84. The largest absolute Gasteiger partial charge is 0.364 e. The van der Waals surface area contributed by atoms with Crippen LogP contribution in [0.3, 0.4) is 0 Å². The Labute approximate surface area is 90.6 Å². The zero-order chi connectivity index (χ0) is 10.3. The van der Waals surface area contributed by atoms with Gasteiger partial charge in [-0.25, -0.2) is 0 Å². The van der Waals surface area contributed by atoms with Crippen LogP contribution in [0.4, 0.5) is 0 Å². The molecule has 0 radical (unpaired) electrons. The van der Waals surface area contributed by atoms with Gasteiger partial charge in [-0.2, -0.15) is 0 Å². The van der Waals surface area contributed by atoms with E-state index in [1.54, 1.807) is 0 Å². The monoisotopic (exact) mass is 202 g/mol. The van der Waals surface area contributed by atoms with Crippen molar-refractivity contribution < 1.29 is 0 Å². The van der Waals surface area contributed by atoms with E-state index in [0.29, 0.717) is 0 Å². The van der Waals surface area contributed by atoms with E-state index in [2.05, 4.69) is 23.3 Å². The molecule has 1 aromatic rings. The number of nitrogens with two attached hydrogens (primary N) is 1. The van der Waals surface area contributed by atoms with Gasteiger partial charge in [0.05, 0.1) is 0 Å². The fraction of sp³-hybridized carbons (Fsp3) is 0.538. The van der Waals surface area contributed by atoms with Crippen LogP contribution >= 0.6 is 0 Å². The molecule has 2 heteroatoms. The molecule has 3 N–H and O–H groups in total. The molecule has 1 aromatic heterocycles. The third-order valence-electron chi connectivity index (χ3n) is 3.78. The lowest BCUT2D eigenvalue weighted by atomic mass is 9.91. The Morgan fingerprint density at radius 1 is 1.27 bits per heavy atom. The SMILES string of the molecule is NC1C=Cc2c(C3CCCC3)c[nH]c2C1. The molecule has 2 nitrogen and oxygen atoms in total. The predicted octanol–water partition coefficient (Wildman–Crippen LogP) is 2.57. The summed E-state index contributed by atoms with van der Waals surface area (Å²) in [7, 11) is 0. The number of hydrogen-bond donors (Lipinski definition) is 2. The molecule has 0 saturated heterocycles. The first-order valence-corrected chi connectivity index (χ1v) is 5.98. The second kappa shape index (κ2) is 3.53. The molecule has 1 heterocycles. The van der Waals surface area contributed by atoms with Crippen molar-refractivity contribution >= 4 is 6.08 Å². The van der Waals surface area contributed by atoms with Crippen molar-refractivity contribution in [3.63, 3.8) is 0 Å². The van der Waals surface area contributed by atoms with Crippen molar-refractivity contribution in [3.05, 3.63) is 29.1 Å². The third kappa shape index (κ3) is 1.53. The van der Waals surface area contributed by atoms with Gasteiger partial charge in [0.2, 0.25) is 0 Å². The van der Waals surface area contributed by atoms with Crippen LogP contribution in [0.25, 0.3) is 6.08 Å².